The summed E-state index contributed by atoms with van der Waals surface area (Å²) in [4.78, 5) is 0. The summed E-state index contributed by atoms with van der Waals surface area (Å²) >= 11 is 3.48. The Morgan fingerprint density at radius 1 is 1.33 bits per heavy atom. The molecular weight excluding hydrogens is 290 g/mol. The molecule has 0 radical (unpaired) electrons. The van der Waals surface area contributed by atoms with Gasteiger partial charge < -0.3 is 5.32 Å². The number of nitrogens with one attached hydrogen (secondary N) is 1. The Labute approximate surface area is 116 Å². The van der Waals surface area contributed by atoms with Gasteiger partial charge in [-0.1, -0.05) is 41.9 Å². The van der Waals surface area contributed by atoms with Crippen molar-refractivity contribution in [3.63, 3.8) is 0 Å². The van der Waals surface area contributed by atoms with Crippen molar-refractivity contribution in [1.82, 2.24) is 15.1 Å². The van der Waals surface area contributed by atoms with Crippen LogP contribution in [-0.4, -0.2) is 15.8 Å². The highest BCUT2D eigenvalue weighted by atomic mass is 79.9. The van der Waals surface area contributed by atoms with Crippen molar-refractivity contribution in [3.8, 4) is 0 Å². The van der Waals surface area contributed by atoms with Gasteiger partial charge in [0.15, 0.2) is 0 Å². The molecule has 18 heavy (non-hydrogen) atoms. The Morgan fingerprint density at radius 2 is 2.17 bits per heavy atom. The van der Waals surface area contributed by atoms with Crippen molar-refractivity contribution in [2.45, 2.75) is 33.0 Å². The highest BCUT2D eigenvalue weighted by Crippen LogP contribution is 2.12. The lowest BCUT2D eigenvalue weighted by Gasteiger charge is -2.05. The van der Waals surface area contributed by atoms with E-state index in [4.69, 9.17) is 0 Å². The van der Waals surface area contributed by atoms with E-state index in [9.17, 15) is 0 Å². The van der Waals surface area contributed by atoms with Crippen LogP contribution in [0.5, 0.6) is 0 Å². The van der Waals surface area contributed by atoms with Gasteiger partial charge in [0, 0.05) is 28.8 Å². The highest BCUT2D eigenvalue weighted by Gasteiger charge is 2.01. The van der Waals surface area contributed by atoms with Crippen LogP contribution in [0.1, 0.15) is 25.0 Å². The second kappa shape index (κ2) is 6.16. The summed E-state index contributed by atoms with van der Waals surface area (Å²) in [5, 5.41) is 7.77. The molecule has 0 spiro atoms. The first kappa shape index (κ1) is 13.3. The summed E-state index contributed by atoms with van der Waals surface area (Å²) in [7, 11) is 0. The molecule has 0 amide bonds. The number of hydrogen-bond acceptors (Lipinski definition) is 2. The molecule has 0 atom stereocenters. The summed E-state index contributed by atoms with van der Waals surface area (Å²) < 4.78 is 3.08. The first-order chi connectivity index (χ1) is 8.63. The Hall–Kier alpha value is -1.13. The van der Waals surface area contributed by atoms with E-state index < -0.39 is 0 Å². The monoisotopic (exact) mass is 307 g/mol. The van der Waals surface area contributed by atoms with Crippen molar-refractivity contribution in [2.24, 2.45) is 0 Å². The molecule has 0 aliphatic heterocycles. The molecule has 0 aliphatic carbocycles. The second-order valence-electron chi connectivity index (χ2n) is 4.71. The zero-order valence-corrected chi connectivity index (χ0v) is 12.3. The van der Waals surface area contributed by atoms with Crippen LogP contribution in [0.25, 0.3) is 0 Å². The predicted molar refractivity (Wildman–Crippen MR) is 77.4 cm³/mol. The molecule has 0 saturated heterocycles. The standard InChI is InChI=1S/C14H18BrN3/c1-11(2)16-7-13-8-17-18(10-13)9-12-4-3-5-14(15)6-12/h3-6,8,10-11,16H,7,9H2,1-2H3. The van der Waals surface area contributed by atoms with Gasteiger partial charge in [-0.05, 0) is 17.7 Å². The minimum absolute atomic E-state index is 0.499. The number of rotatable bonds is 5. The SMILES string of the molecule is CC(C)NCc1cnn(Cc2cccc(Br)c2)c1. The summed E-state index contributed by atoms with van der Waals surface area (Å²) in [5.41, 5.74) is 2.47. The van der Waals surface area contributed by atoms with Crippen LogP contribution in [0, 0.1) is 0 Å². The van der Waals surface area contributed by atoms with Crippen LogP contribution in [0.15, 0.2) is 41.1 Å². The van der Waals surface area contributed by atoms with Gasteiger partial charge in [-0.25, -0.2) is 0 Å². The number of halogens is 1. The molecular formula is C14H18BrN3. The minimum Gasteiger partial charge on any atom is -0.310 e. The van der Waals surface area contributed by atoms with Gasteiger partial charge in [0.2, 0.25) is 0 Å². The average molecular weight is 308 g/mol. The Balaban J connectivity index is 1.98. The molecule has 2 aromatic rings. The van der Waals surface area contributed by atoms with E-state index in [1.54, 1.807) is 0 Å². The van der Waals surface area contributed by atoms with E-state index >= 15 is 0 Å². The molecule has 3 nitrogen and oxygen atoms in total. The van der Waals surface area contributed by atoms with Crippen molar-refractivity contribution in [3.05, 3.63) is 52.3 Å². The maximum atomic E-state index is 4.38. The number of hydrogen-bond donors (Lipinski definition) is 1. The van der Waals surface area contributed by atoms with E-state index in [2.05, 4.69) is 58.5 Å². The van der Waals surface area contributed by atoms with Crippen LogP contribution in [-0.2, 0) is 13.1 Å². The zero-order chi connectivity index (χ0) is 13.0. The maximum Gasteiger partial charge on any atom is 0.0659 e. The van der Waals surface area contributed by atoms with E-state index in [0.717, 1.165) is 17.6 Å². The maximum absolute atomic E-state index is 4.38. The van der Waals surface area contributed by atoms with Crippen molar-refractivity contribution < 1.29 is 0 Å². The van der Waals surface area contributed by atoms with E-state index in [-0.39, 0.29) is 0 Å². The quantitative estimate of drug-likeness (QED) is 0.919. The fourth-order valence-corrected chi connectivity index (χ4v) is 2.18. The van der Waals surface area contributed by atoms with Crippen LogP contribution in [0.3, 0.4) is 0 Å². The molecule has 96 valence electrons. The van der Waals surface area contributed by atoms with Crippen molar-refractivity contribution >= 4 is 15.9 Å². The molecule has 1 aromatic heterocycles. The molecule has 0 unspecified atom stereocenters. The molecule has 4 heteroatoms. The largest absolute Gasteiger partial charge is 0.310 e. The van der Waals surface area contributed by atoms with E-state index in [1.807, 2.05) is 23.0 Å². The molecule has 0 bridgehead atoms. The average Bonchev–Trinajstić information content (AvgIpc) is 2.74. The fourth-order valence-electron chi connectivity index (χ4n) is 1.73. The van der Waals surface area contributed by atoms with Crippen LogP contribution in [0.2, 0.25) is 0 Å². The lowest BCUT2D eigenvalue weighted by atomic mass is 10.2. The van der Waals surface area contributed by atoms with Crippen LogP contribution < -0.4 is 5.32 Å². The third kappa shape index (κ3) is 3.96. The predicted octanol–water partition coefficient (Wildman–Crippen LogP) is 3.19. The number of aromatic nitrogens is 2. The smallest absolute Gasteiger partial charge is 0.0659 e. The van der Waals surface area contributed by atoms with Gasteiger partial charge in [0.25, 0.3) is 0 Å². The van der Waals surface area contributed by atoms with Gasteiger partial charge >= 0.3 is 0 Å². The highest BCUT2D eigenvalue weighted by molar-refractivity contribution is 9.10. The molecule has 1 aromatic carbocycles. The van der Waals surface area contributed by atoms with E-state index in [0.29, 0.717) is 6.04 Å². The number of nitrogens with zero attached hydrogens (tertiary/aromatic N) is 2. The molecule has 0 saturated carbocycles. The molecule has 0 aliphatic rings. The van der Waals surface area contributed by atoms with Gasteiger partial charge in [-0.3, -0.25) is 4.68 Å². The van der Waals surface area contributed by atoms with Gasteiger partial charge in [-0.2, -0.15) is 5.10 Å². The lowest BCUT2D eigenvalue weighted by molar-refractivity contribution is 0.588. The molecule has 0 fully saturated rings. The zero-order valence-electron chi connectivity index (χ0n) is 10.7. The summed E-state index contributed by atoms with van der Waals surface area (Å²) in [5.74, 6) is 0. The normalized spacial score (nSPS) is 11.1. The van der Waals surface area contributed by atoms with Gasteiger partial charge in [0.05, 0.1) is 12.7 Å². The summed E-state index contributed by atoms with van der Waals surface area (Å²) in [6.07, 6.45) is 4.02. The van der Waals surface area contributed by atoms with Crippen molar-refractivity contribution in [1.29, 1.82) is 0 Å². The summed E-state index contributed by atoms with van der Waals surface area (Å²) in [6.45, 7) is 5.97. The second-order valence-corrected chi connectivity index (χ2v) is 5.63. The Morgan fingerprint density at radius 3 is 2.89 bits per heavy atom. The van der Waals surface area contributed by atoms with E-state index in [1.165, 1.54) is 11.1 Å². The molecule has 2 rings (SSSR count). The lowest BCUT2D eigenvalue weighted by Crippen LogP contribution is -2.21. The third-order valence-electron chi connectivity index (χ3n) is 2.63. The Bertz CT molecular complexity index is 505. The minimum atomic E-state index is 0.499. The summed E-state index contributed by atoms with van der Waals surface area (Å²) in [6, 6.07) is 8.81. The fraction of sp³-hybridized carbons (Fsp3) is 0.357. The molecule has 1 heterocycles. The Kier molecular flexibility index (Phi) is 4.55. The first-order valence-electron chi connectivity index (χ1n) is 6.12. The van der Waals surface area contributed by atoms with Gasteiger partial charge in [-0.15, -0.1) is 0 Å². The third-order valence-corrected chi connectivity index (χ3v) is 3.13. The number of benzene rings is 1. The van der Waals surface area contributed by atoms with Crippen molar-refractivity contribution in [2.75, 3.05) is 0 Å². The van der Waals surface area contributed by atoms with Crippen LogP contribution in [0.4, 0.5) is 0 Å². The van der Waals surface area contributed by atoms with Crippen LogP contribution >= 0.6 is 15.9 Å². The van der Waals surface area contributed by atoms with Gasteiger partial charge in [0.1, 0.15) is 0 Å². The molecule has 1 N–H and O–H groups in total. The first-order valence-corrected chi connectivity index (χ1v) is 6.92. The topological polar surface area (TPSA) is 29.9 Å².